The lowest BCUT2D eigenvalue weighted by Crippen LogP contribution is -2.36. The van der Waals surface area contributed by atoms with Gasteiger partial charge in [0.1, 0.15) is 0 Å². The number of rotatable bonds is 4. The molecule has 0 amide bonds. The van der Waals surface area contributed by atoms with E-state index in [1.165, 1.54) is 12.8 Å². The van der Waals surface area contributed by atoms with Gasteiger partial charge in [-0.3, -0.25) is 4.90 Å². The first-order valence-electron chi connectivity index (χ1n) is 7.18. The van der Waals surface area contributed by atoms with Gasteiger partial charge in [-0.05, 0) is 44.3 Å². The highest BCUT2D eigenvalue weighted by molar-refractivity contribution is 5.45. The number of para-hydroxylation sites is 1. The number of phenols is 1. The van der Waals surface area contributed by atoms with Crippen molar-refractivity contribution < 1.29 is 9.84 Å². The van der Waals surface area contributed by atoms with Crippen LogP contribution in [0.4, 0.5) is 0 Å². The van der Waals surface area contributed by atoms with E-state index < -0.39 is 0 Å². The van der Waals surface area contributed by atoms with Crippen LogP contribution in [0.5, 0.6) is 11.5 Å². The van der Waals surface area contributed by atoms with E-state index >= 15 is 0 Å². The Morgan fingerprint density at radius 3 is 2.58 bits per heavy atom. The van der Waals surface area contributed by atoms with Crippen molar-refractivity contribution in [3.8, 4) is 11.5 Å². The van der Waals surface area contributed by atoms with Gasteiger partial charge in [0.05, 0.1) is 6.61 Å². The largest absolute Gasteiger partial charge is 0.504 e. The van der Waals surface area contributed by atoms with Gasteiger partial charge in [0.2, 0.25) is 0 Å². The SMILES string of the molecule is CCOc1cccc(CN2CCC(C)(C)CC2)c1O. The molecule has 1 N–H and O–H groups in total. The van der Waals surface area contributed by atoms with Crippen molar-refractivity contribution in [2.75, 3.05) is 19.7 Å². The average molecular weight is 263 g/mol. The van der Waals surface area contributed by atoms with Crippen LogP contribution in [0, 0.1) is 5.41 Å². The number of hydrogen-bond acceptors (Lipinski definition) is 3. The van der Waals surface area contributed by atoms with E-state index in [1.807, 2.05) is 25.1 Å². The summed E-state index contributed by atoms with van der Waals surface area (Å²) in [6, 6.07) is 5.76. The van der Waals surface area contributed by atoms with Crippen LogP contribution in [0.3, 0.4) is 0 Å². The average Bonchev–Trinajstić information content (AvgIpc) is 2.37. The molecule has 1 aromatic rings. The number of likely N-dealkylation sites (tertiary alicyclic amines) is 1. The maximum Gasteiger partial charge on any atom is 0.162 e. The Hall–Kier alpha value is -1.22. The van der Waals surface area contributed by atoms with Crippen molar-refractivity contribution in [3.05, 3.63) is 23.8 Å². The molecule has 1 aromatic carbocycles. The zero-order valence-corrected chi connectivity index (χ0v) is 12.3. The van der Waals surface area contributed by atoms with Gasteiger partial charge in [0.15, 0.2) is 11.5 Å². The lowest BCUT2D eigenvalue weighted by Gasteiger charge is -2.37. The number of hydrogen-bond donors (Lipinski definition) is 1. The molecule has 0 spiro atoms. The summed E-state index contributed by atoms with van der Waals surface area (Å²) in [4.78, 5) is 2.41. The quantitative estimate of drug-likeness (QED) is 0.903. The van der Waals surface area contributed by atoms with Gasteiger partial charge in [0.25, 0.3) is 0 Å². The molecule has 0 unspecified atom stereocenters. The van der Waals surface area contributed by atoms with Gasteiger partial charge in [0, 0.05) is 12.1 Å². The maximum absolute atomic E-state index is 10.2. The maximum atomic E-state index is 10.2. The Balaban J connectivity index is 2.02. The summed E-state index contributed by atoms with van der Waals surface area (Å²) in [5.41, 5.74) is 1.43. The van der Waals surface area contributed by atoms with Gasteiger partial charge < -0.3 is 9.84 Å². The highest BCUT2D eigenvalue weighted by Crippen LogP contribution is 2.33. The lowest BCUT2D eigenvalue weighted by molar-refractivity contribution is 0.126. The third kappa shape index (κ3) is 3.63. The molecule has 3 nitrogen and oxygen atoms in total. The molecule has 0 radical (unpaired) electrons. The van der Waals surface area contributed by atoms with Crippen LogP contribution in [-0.4, -0.2) is 29.7 Å². The fourth-order valence-corrected chi connectivity index (χ4v) is 2.52. The van der Waals surface area contributed by atoms with Crippen LogP contribution >= 0.6 is 0 Å². The molecule has 106 valence electrons. The Morgan fingerprint density at radius 1 is 1.26 bits per heavy atom. The van der Waals surface area contributed by atoms with Crippen molar-refractivity contribution in [3.63, 3.8) is 0 Å². The first-order chi connectivity index (χ1) is 9.02. The molecular weight excluding hydrogens is 238 g/mol. The third-order valence-electron chi connectivity index (χ3n) is 3.99. The Kier molecular flexibility index (Phi) is 4.35. The second kappa shape index (κ2) is 5.83. The molecule has 1 aliphatic rings. The summed E-state index contributed by atoms with van der Waals surface area (Å²) in [5, 5.41) is 10.2. The van der Waals surface area contributed by atoms with Gasteiger partial charge in [-0.1, -0.05) is 26.0 Å². The number of ether oxygens (including phenoxy) is 1. The van der Waals surface area contributed by atoms with E-state index in [4.69, 9.17) is 4.74 Å². The zero-order chi connectivity index (χ0) is 13.9. The van der Waals surface area contributed by atoms with Crippen molar-refractivity contribution >= 4 is 0 Å². The summed E-state index contributed by atoms with van der Waals surface area (Å²) in [6.45, 7) is 10.2. The van der Waals surface area contributed by atoms with Gasteiger partial charge in [-0.15, -0.1) is 0 Å². The van der Waals surface area contributed by atoms with Crippen molar-refractivity contribution in [1.29, 1.82) is 0 Å². The van der Waals surface area contributed by atoms with Gasteiger partial charge >= 0.3 is 0 Å². The summed E-state index contributed by atoms with van der Waals surface area (Å²) in [5.74, 6) is 0.895. The van der Waals surface area contributed by atoms with Crippen molar-refractivity contribution in [2.24, 2.45) is 5.41 Å². The van der Waals surface area contributed by atoms with Crippen LogP contribution in [0.1, 0.15) is 39.2 Å². The van der Waals surface area contributed by atoms with Crippen LogP contribution in [0.2, 0.25) is 0 Å². The van der Waals surface area contributed by atoms with Gasteiger partial charge in [-0.25, -0.2) is 0 Å². The minimum Gasteiger partial charge on any atom is -0.504 e. The molecule has 0 bridgehead atoms. The number of nitrogens with zero attached hydrogens (tertiary/aromatic N) is 1. The van der Waals surface area contributed by atoms with Crippen molar-refractivity contribution in [2.45, 2.75) is 40.2 Å². The highest BCUT2D eigenvalue weighted by atomic mass is 16.5. The smallest absolute Gasteiger partial charge is 0.162 e. The fraction of sp³-hybridized carbons (Fsp3) is 0.625. The molecular formula is C16H25NO2. The predicted molar refractivity (Wildman–Crippen MR) is 77.6 cm³/mol. The molecule has 1 heterocycles. The third-order valence-corrected chi connectivity index (χ3v) is 3.99. The second-order valence-electron chi connectivity index (χ2n) is 6.14. The predicted octanol–water partition coefficient (Wildman–Crippen LogP) is 3.41. The highest BCUT2D eigenvalue weighted by Gasteiger charge is 2.25. The monoisotopic (exact) mass is 263 g/mol. The summed E-state index contributed by atoms with van der Waals surface area (Å²) < 4.78 is 5.43. The zero-order valence-electron chi connectivity index (χ0n) is 12.3. The minimum absolute atomic E-state index is 0.300. The standard InChI is InChI=1S/C16H25NO2/c1-4-19-14-7-5-6-13(15(14)18)12-17-10-8-16(2,3)9-11-17/h5-7,18H,4,8-12H2,1-3H3. The van der Waals surface area contributed by atoms with E-state index in [1.54, 1.807) is 0 Å². The summed E-state index contributed by atoms with van der Waals surface area (Å²) in [6.07, 6.45) is 2.44. The molecule has 0 atom stereocenters. The topological polar surface area (TPSA) is 32.7 Å². The normalized spacial score (nSPS) is 19.3. The minimum atomic E-state index is 0.300. The summed E-state index contributed by atoms with van der Waals surface area (Å²) >= 11 is 0. The summed E-state index contributed by atoms with van der Waals surface area (Å²) in [7, 11) is 0. The van der Waals surface area contributed by atoms with E-state index in [2.05, 4.69) is 18.7 Å². The van der Waals surface area contributed by atoms with E-state index in [0.717, 1.165) is 25.2 Å². The Morgan fingerprint density at radius 2 is 1.95 bits per heavy atom. The Bertz CT molecular complexity index is 419. The molecule has 0 aliphatic carbocycles. The van der Waals surface area contributed by atoms with Gasteiger partial charge in [-0.2, -0.15) is 0 Å². The van der Waals surface area contributed by atoms with E-state index in [9.17, 15) is 5.11 Å². The molecule has 0 aromatic heterocycles. The van der Waals surface area contributed by atoms with Crippen LogP contribution in [-0.2, 0) is 6.54 Å². The molecule has 1 fully saturated rings. The van der Waals surface area contributed by atoms with E-state index in [0.29, 0.717) is 23.5 Å². The first-order valence-corrected chi connectivity index (χ1v) is 7.18. The number of aromatic hydroxyl groups is 1. The number of piperidine rings is 1. The second-order valence-corrected chi connectivity index (χ2v) is 6.14. The molecule has 1 aliphatic heterocycles. The lowest BCUT2D eigenvalue weighted by atomic mass is 9.82. The molecule has 3 heteroatoms. The molecule has 0 saturated carbocycles. The number of benzene rings is 1. The molecule has 2 rings (SSSR count). The molecule has 19 heavy (non-hydrogen) atoms. The number of phenolic OH excluding ortho intramolecular Hbond substituents is 1. The van der Waals surface area contributed by atoms with Crippen molar-refractivity contribution in [1.82, 2.24) is 4.90 Å². The van der Waals surface area contributed by atoms with Crippen LogP contribution < -0.4 is 4.74 Å². The molecule has 1 saturated heterocycles. The first kappa shape index (κ1) is 14.2. The van der Waals surface area contributed by atoms with Crippen LogP contribution in [0.15, 0.2) is 18.2 Å². The van der Waals surface area contributed by atoms with E-state index in [-0.39, 0.29) is 0 Å². The Labute approximate surface area is 116 Å². The fourth-order valence-electron chi connectivity index (χ4n) is 2.52. The van der Waals surface area contributed by atoms with Crippen LogP contribution in [0.25, 0.3) is 0 Å².